The largest absolute Gasteiger partial charge is 0.456 e. The molecule has 30 nitrogen and oxygen atoms in total. The van der Waals surface area contributed by atoms with Crippen LogP contribution in [0.1, 0.15) is 137 Å². The van der Waals surface area contributed by atoms with Crippen LogP contribution in [0, 0.1) is 10.8 Å². The Labute approximate surface area is 648 Å². The molecule has 0 saturated carbocycles. The summed E-state index contributed by atoms with van der Waals surface area (Å²) in [5.74, 6) is 1.91. The molecular formula is C81H106N18O12. The summed E-state index contributed by atoms with van der Waals surface area (Å²) in [6.07, 6.45) is 11.5. The number of hydrogen-bond donors (Lipinski definition) is 5. The molecule has 8 aliphatic rings. The van der Waals surface area contributed by atoms with Crippen molar-refractivity contribution in [2.45, 2.75) is 144 Å². The van der Waals surface area contributed by atoms with Crippen molar-refractivity contribution >= 4 is 110 Å². The summed E-state index contributed by atoms with van der Waals surface area (Å²) >= 11 is 0. The number of amides is 5. The summed E-state index contributed by atoms with van der Waals surface area (Å²) in [5.41, 5.74) is 15.3. The number of nitrogens with zero attached hydrogens (tertiary/aromatic N) is 15. The highest BCUT2D eigenvalue weighted by molar-refractivity contribution is 6.14. The second-order valence-electron chi connectivity index (χ2n) is 31.6. The van der Waals surface area contributed by atoms with Crippen molar-refractivity contribution in [1.29, 1.82) is 0 Å². The van der Waals surface area contributed by atoms with Crippen LogP contribution in [0.2, 0.25) is 0 Å². The fourth-order valence-electron chi connectivity index (χ4n) is 14.8. The predicted molar refractivity (Wildman–Crippen MR) is 427 cm³/mol. The number of aryl methyl sites for hydroxylation is 1. The third-order valence-corrected chi connectivity index (χ3v) is 21.0. The topological polar surface area (TPSA) is 338 Å². The van der Waals surface area contributed by atoms with Gasteiger partial charge in [-0.1, -0.05) is 68.4 Å². The Kier molecular flexibility index (Phi) is 25.1. The van der Waals surface area contributed by atoms with Crippen LogP contribution in [-0.4, -0.2) is 204 Å². The molecule has 1 unspecified atom stereocenters. The van der Waals surface area contributed by atoms with Crippen LogP contribution >= 0.6 is 0 Å². The normalized spacial score (nSPS) is 18.2. The molecule has 3 aromatic heterocycles. The molecule has 11 heterocycles. The van der Waals surface area contributed by atoms with Crippen molar-refractivity contribution in [3.63, 3.8) is 0 Å². The summed E-state index contributed by atoms with van der Waals surface area (Å²) in [6, 6.07) is 31.0. The van der Waals surface area contributed by atoms with Gasteiger partial charge in [0.05, 0.1) is 58.8 Å². The van der Waals surface area contributed by atoms with Gasteiger partial charge in [0.2, 0.25) is 0 Å². The van der Waals surface area contributed by atoms with E-state index in [0.29, 0.717) is 82.5 Å². The van der Waals surface area contributed by atoms with Crippen molar-refractivity contribution in [2.75, 3.05) is 156 Å². The highest BCUT2D eigenvalue weighted by Gasteiger charge is 2.38. The highest BCUT2D eigenvalue weighted by Crippen LogP contribution is 2.43. The number of carbonyl (C=O) groups excluding carboxylic acids is 6. The molecule has 5 amide bonds. The van der Waals surface area contributed by atoms with Crippen LogP contribution in [0.3, 0.4) is 0 Å². The maximum atomic E-state index is 12.5. The number of aliphatic hydroxyl groups excluding tert-OH is 2. The fraction of sp³-hybridized carbons (Fsp3) is 0.506. The van der Waals surface area contributed by atoms with E-state index in [2.05, 4.69) is 44.1 Å². The van der Waals surface area contributed by atoms with E-state index in [1.807, 2.05) is 156 Å². The van der Waals surface area contributed by atoms with E-state index in [1.165, 1.54) is 12.5 Å². The molecule has 8 aliphatic heterocycles. The predicted octanol–water partition coefficient (Wildman–Crippen LogP) is 9.66. The first-order chi connectivity index (χ1) is 53.2. The molecule has 3 fully saturated rings. The van der Waals surface area contributed by atoms with Gasteiger partial charge in [0, 0.05) is 97.8 Å². The number of aliphatic hydroxyl groups is 2. The molecule has 30 heteroatoms. The molecule has 0 bridgehead atoms. The number of rotatable bonds is 11. The van der Waals surface area contributed by atoms with E-state index in [9.17, 15) is 39.0 Å². The summed E-state index contributed by atoms with van der Waals surface area (Å²) in [7, 11) is 0. The number of aromatic nitrogens is 6. The number of carbonyl (C=O) groups is 6. The van der Waals surface area contributed by atoms with Gasteiger partial charge in [-0.3, -0.25) is 29.1 Å². The fourth-order valence-corrected chi connectivity index (χ4v) is 14.8. The number of para-hydroxylation sites is 7. The Hall–Kier alpha value is -10.6. The van der Waals surface area contributed by atoms with Crippen molar-refractivity contribution in [3.8, 4) is 0 Å². The lowest BCUT2D eigenvalue weighted by Gasteiger charge is -2.40. The number of benzene rings is 4. The molecule has 1 atom stereocenters. The molecule has 6 N–H and O–H groups in total. The van der Waals surface area contributed by atoms with Gasteiger partial charge in [-0.2, -0.15) is 0 Å². The summed E-state index contributed by atoms with van der Waals surface area (Å²) in [4.78, 5) is 111. The quantitative estimate of drug-likeness (QED) is 0.0594. The number of hydrogen-bond acceptors (Lipinski definition) is 24. The van der Waals surface area contributed by atoms with Gasteiger partial charge in [-0.25, -0.2) is 34.2 Å². The van der Waals surface area contributed by atoms with Crippen LogP contribution in [0.15, 0.2) is 114 Å². The Balaban J connectivity index is 0.000000150. The van der Waals surface area contributed by atoms with Gasteiger partial charge in [-0.15, -0.1) is 5.10 Å². The smallest absolute Gasteiger partial charge is 0.414 e. The van der Waals surface area contributed by atoms with Crippen molar-refractivity contribution < 1.29 is 57.9 Å². The van der Waals surface area contributed by atoms with Crippen molar-refractivity contribution in [2.24, 2.45) is 21.6 Å². The number of nitrogens with two attached hydrogens (primary N) is 1. The van der Waals surface area contributed by atoms with Crippen molar-refractivity contribution in [3.05, 3.63) is 126 Å². The first kappa shape index (κ1) is 80.0. The van der Waals surface area contributed by atoms with Gasteiger partial charge in [0.15, 0.2) is 35.7 Å². The number of esters is 1. The number of aliphatic imine (C=N–C) groups is 1. The van der Waals surface area contributed by atoms with Gasteiger partial charge in [0.25, 0.3) is 17.7 Å². The van der Waals surface area contributed by atoms with Crippen LogP contribution in [0.25, 0.3) is 11.2 Å². The molecule has 0 radical (unpaired) electrons. The molecule has 15 rings (SSSR count). The minimum atomic E-state index is -0.547. The number of nitrogens with one attached hydrogen (secondary N) is 2. The third-order valence-electron chi connectivity index (χ3n) is 21.0. The minimum Gasteiger partial charge on any atom is -0.456 e. The number of piperidine rings is 2. The van der Waals surface area contributed by atoms with Gasteiger partial charge < -0.3 is 79.8 Å². The molecule has 0 aliphatic carbocycles. The maximum Gasteiger partial charge on any atom is 0.414 e. The molecule has 111 heavy (non-hydrogen) atoms. The molecular weight excluding hydrogens is 1420 g/mol. The molecule has 3 saturated heterocycles. The maximum absolute atomic E-state index is 12.5. The lowest BCUT2D eigenvalue weighted by Crippen LogP contribution is -2.47. The monoisotopic (exact) mass is 1520 g/mol. The third kappa shape index (κ3) is 19.1. The lowest BCUT2D eigenvalue weighted by molar-refractivity contribution is -0.145. The number of alkyl carbamates (subject to hydrolysis) is 1. The zero-order chi connectivity index (χ0) is 78.8. The SMILES string of the molecule is CC(=O)OCC(=O)N1CCCc2ccccc21.CC(C)(C)OC(=O)N1CCNc2ccccc21.CC1(CN)CCN(c2cnc3c(n2)CN=C3N2CCN(C(=O)CO)c3ccccc32)CC1.CC1(CNC(=O)OC(C)(C)C)CCN(c2cnc3c(N4CCN(C(=O)CO)c5ccccc54)nn(C4CCCCO4)c3n2)CC1. The highest BCUT2D eigenvalue weighted by atomic mass is 16.6. The van der Waals surface area contributed by atoms with E-state index in [-0.39, 0.29) is 53.6 Å². The van der Waals surface area contributed by atoms with Crippen LogP contribution in [0.4, 0.5) is 66.9 Å². The molecule has 592 valence electrons. The zero-order valence-corrected chi connectivity index (χ0v) is 65.3. The Morgan fingerprint density at radius 2 is 1.19 bits per heavy atom. The van der Waals surface area contributed by atoms with E-state index >= 15 is 0 Å². The average Bonchev–Trinajstić information content (AvgIpc) is 1.63. The number of amidine groups is 1. The Bertz CT molecular complexity index is 4520. The van der Waals surface area contributed by atoms with E-state index in [1.54, 1.807) is 19.6 Å². The molecule has 0 spiro atoms. The van der Waals surface area contributed by atoms with E-state index < -0.39 is 30.4 Å². The summed E-state index contributed by atoms with van der Waals surface area (Å²) in [5, 5.41) is 30.2. The first-order valence-electron chi connectivity index (χ1n) is 38.6. The lowest BCUT2D eigenvalue weighted by atomic mass is 9.80. The minimum absolute atomic E-state index is 0.0528. The van der Waals surface area contributed by atoms with Gasteiger partial charge in [-0.05, 0) is 165 Å². The first-order valence-corrected chi connectivity index (χ1v) is 38.6. The number of fused-ring (bicyclic) bond motifs is 6. The molecule has 7 aromatic rings. The second-order valence-corrected chi connectivity index (χ2v) is 31.6. The molecule has 4 aromatic carbocycles. The zero-order valence-electron chi connectivity index (χ0n) is 65.3. The standard InChI is InChI=1S/C32H44N8O5.C23H29N7O2.C13H18N2O2.C13H15NO3/c1-31(2,3)45-30(43)34-21-32(4)12-14-37(15-13-32)24-19-33-27-28(35-24)40(26-11-7-8-18-44-26)36-29(27)39-17-16-38(25(42)20-41)22-9-5-6-10-23(22)39;1-23(15-24)6-8-28(9-7-23)19-13-25-21-16(27-19)12-26-22(21)30-11-10-29(20(32)14-31)17-4-2-3-5-18(17)30;1-13(2,3)17-12(16)15-9-8-14-10-6-4-5-7-11(10)15;1-10(15)17-9-13(16)14-8-4-6-11-5-2-3-7-12(11)14/h5-6,9-10,19,26,41H,7-8,11-18,20-21H2,1-4H3,(H,34,43);2-5,13,31H,6-12,14-15,24H2,1H3;4-7,14H,8-9H2,1-3H3;2-3,5,7H,4,6,8-9H2,1H3. The van der Waals surface area contributed by atoms with Gasteiger partial charge in [0.1, 0.15) is 41.7 Å². The van der Waals surface area contributed by atoms with Crippen LogP contribution < -0.4 is 55.6 Å². The summed E-state index contributed by atoms with van der Waals surface area (Å²) in [6.45, 7) is 25.6. The van der Waals surface area contributed by atoms with Crippen LogP contribution in [-0.2, 0) is 51.1 Å². The van der Waals surface area contributed by atoms with E-state index in [4.69, 9.17) is 54.7 Å². The Morgan fingerprint density at radius 1 is 0.622 bits per heavy atom. The van der Waals surface area contributed by atoms with E-state index in [0.717, 1.165) is 159 Å². The Morgan fingerprint density at radius 3 is 1.80 bits per heavy atom. The summed E-state index contributed by atoms with van der Waals surface area (Å²) < 4.78 is 23.6. The van der Waals surface area contributed by atoms with Crippen LogP contribution in [0.5, 0.6) is 0 Å². The van der Waals surface area contributed by atoms with Gasteiger partial charge >= 0.3 is 18.2 Å². The number of anilines is 10. The van der Waals surface area contributed by atoms with Crippen molar-refractivity contribution in [1.82, 2.24) is 35.0 Å². The number of ether oxygens (including phenoxy) is 4. The average molecular weight is 1520 g/mol. The second kappa shape index (κ2) is 34.8.